The number of rotatable bonds is 3. The smallest absolute Gasteiger partial charge is 0.340 e. The summed E-state index contributed by atoms with van der Waals surface area (Å²) in [6.45, 7) is 1.96. The summed E-state index contributed by atoms with van der Waals surface area (Å²) < 4.78 is 23.0. The van der Waals surface area contributed by atoms with Gasteiger partial charge < -0.3 is 9.47 Å². The second kappa shape index (κ2) is 4.98. The van der Waals surface area contributed by atoms with Crippen LogP contribution in [0.1, 0.15) is 17.3 Å². The molecule has 0 aliphatic rings. The van der Waals surface area contributed by atoms with Gasteiger partial charge in [0, 0.05) is 0 Å². The van der Waals surface area contributed by atoms with Crippen molar-refractivity contribution in [2.45, 2.75) is 6.92 Å². The average molecular weight is 233 g/mol. The second-order valence-electron chi connectivity index (χ2n) is 2.66. The van der Waals surface area contributed by atoms with Crippen molar-refractivity contribution < 1.29 is 18.7 Å². The lowest BCUT2D eigenvalue weighted by atomic mass is 10.2. The van der Waals surface area contributed by atoms with Crippen LogP contribution in [0, 0.1) is 5.82 Å². The van der Waals surface area contributed by atoms with Crippen LogP contribution in [0.3, 0.4) is 0 Å². The van der Waals surface area contributed by atoms with Crippen LogP contribution in [0.25, 0.3) is 0 Å². The average Bonchev–Trinajstić information content (AvgIpc) is 2.23. The highest BCUT2D eigenvalue weighted by Gasteiger charge is 2.18. The van der Waals surface area contributed by atoms with Crippen molar-refractivity contribution in [1.82, 2.24) is 0 Å². The largest absolute Gasteiger partial charge is 0.489 e. The highest BCUT2D eigenvalue weighted by molar-refractivity contribution is 6.32. The summed E-state index contributed by atoms with van der Waals surface area (Å²) in [5.41, 5.74) is -0.189. The van der Waals surface area contributed by atoms with Crippen molar-refractivity contribution in [3.63, 3.8) is 0 Å². The molecule has 82 valence electrons. The quantitative estimate of drug-likeness (QED) is 0.752. The van der Waals surface area contributed by atoms with E-state index in [0.717, 1.165) is 0 Å². The van der Waals surface area contributed by atoms with Crippen LogP contribution >= 0.6 is 11.6 Å². The number of carbonyl (C=O) groups excluding carboxylic acids is 1. The van der Waals surface area contributed by atoms with Crippen molar-refractivity contribution in [2.75, 3.05) is 13.7 Å². The van der Waals surface area contributed by atoms with Gasteiger partial charge in [-0.05, 0) is 19.1 Å². The predicted octanol–water partition coefficient (Wildman–Crippen LogP) is 2.66. The van der Waals surface area contributed by atoms with Gasteiger partial charge in [-0.1, -0.05) is 11.6 Å². The molecule has 0 spiro atoms. The molecule has 3 nitrogen and oxygen atoms in total. The Morgan fingerprint density at radius 3 is 2.73 bits per heavy atom. The molecule has 0 unspecified atom stereocenters. The van der Waals surface area contributed by atoms with Crippen LogP contribution in [0.2, 0.25) is 5.02 Å². The first kappa shape index (κ1) is 11.8. The molecule has 0 N–H and O–H groups in total. The van der Waals surface area contributed by atoms with E-state index >= 15 is 0 Å². The molecular formula is C10H10ClFO3. The van der Waals surface area contributed by atoms with Crippen LogP contribution in [-0.4, -0.2) is 19.7 Å². The van der Waals surface area contributed by atoms with Crippen molar-refractivity contribution in [3.05, 3.63) is 28.5 Å². The number of esters is 1. The highest BCUT2D eigenvalue weighted by atomic mass is 35.5. The Balaban J connectivity index is 3.21. The third-order valence-corrected chi connectivity index (χ3v) is 2.04. The molecule has 0 fully saturated rings. The van der Waals surface area contributed by atoms with Gasteiger partial charge in [0.05, 0.1) is 24.3 Å². The van der Waals surface area contributed by atoms with Crippen LogP contribution in [0.5, 0.6) is 5.75 Å². The van der Waals surface area contributed by atoms with Gasteiger partial charge in [-0.2, -0.15) is 0 Å². The van der Waals surface area contributed by atoms with Gasteiger partial charge in [0.2, 0.25) is 0 Å². The Labute approximate surface area is 91.7 Å². The van der Waals surface area contributed by atoms with E-state index in [4.69, 9.17) is 16.3 Å². The fourth-order valence-corrected chi connectivity index (χ4v) is 1.28. The fraction of sp³-hybridized carbons (Fsp3) is 0.300. The molecular weight excluding hydrogens is 223 g/mol. The van der Waals surface area contributed by atoms with E-state index in [1.165, 1.54) is 19.2 Å². The van der Waals surface area contributed by atoms with Crippen LogP contribution in [0.4, 0.5) is 4.39 Å². The number of carbonyl (C=O) groups is 1. The molecule has 0 aliphatic heterocycles. The molecule has 0 atom stereocenters. The van der Waals surface area contributed by atoms with E-state index in [0.29, 0.717) is 0 Å². The maximum absolute atomic E-state index is 13.6. The summed E-state index contributed by atoms with van der Waals surface area (Å²) in [6.07, 6.45) is 0. The number of halogens is 2. The molecule has 0 heterocycles. The van der Waals surface area contributed by atoms with Crippen LogP contribution in [0.15, 0.2) is 12.1 Å². The van der Waals surface area contributed by atoms with Gasteiger partial charge in [0.15, 0.2) is 11.6 Å². The molecule has 0 saturated carbocycles. The first-order valence-corrected chi connectivity index (χ1v) is 4.68. The van der Waals surface area contributed by atoms with Gasteiger partial charge in [-0.15, -0.1) is 0 Å². The minimum Gasteiger partial charge on any atom is -0.489 e. The lowest BCUT2D eigenvalue weighted by molar-refractivity contribution is 0.0594. The Kier molecular flexibility index (Phi) is 3.91. The van der Waals surface area contributed by atoms with E-state index in [-0.39, 0.29) is 22.9 Å². The lowest BCUT2D eigenvalue weighted by Crippen LogP contribution is -2.06. The van der Waals surface area contributed by atoms with E-state index in [1.807, 2.05) is 0 Å². The SMILES string of the molecule is CCOc1c(Cl)ccc(C(=O)OC)c1F. The van der Waals surface area contributed by atoms with Crippen molar-refractivity contribution in [1.29, 1.82) is 0 Å². The number of hydrogen-bond acceptors (Lipinski definition) is 3. The van der Waals surface area contributed by atoms with Crippen LogP contribution < -0.4 is 4.74 Å². The molecule has 0 amide bonds. The van der Waals surface area contributed by atoms with Crippen molar-refractivity contribution >= 4 is 17.6 Å². The van der Waals surface area contributed by atoms with Crippen LogP contribution in [-0.2, 0) is 4.74 Å². The number of ether oxygens (including phenoxy) is 2. The Hall–Kier alpha value is -1.29. The van der Waals surface area contributed by atoms with E-state index in [1.54, 1.807) is 6.92 Å². The Morgan fingerprint density at radius 1 is 1.53 bits per heavy atom. The van der Waals surface area contributed by atoms with Gasteiger partial charge in [-0.25, -0.2) is 9.18 Å². The number of hydrogen-bond donors (Lipinski definition) is 0. The third-order valence-electron chi connectivity index (χ3n) is 1.74. The highest BCUT2D eigenvalue weighted by Crippen LogP contribution is 2.30. The molecule has 1 aromatic carbocycles. The summed E-state index contributed by atoms with van der Waals surface area (Å²) in [7, 11) is 1.18. The molecule has 5 heteroatoms. The molecule has 15 heavy (non-hydrogen) atoms. The minimum atomic E-state index is -0.795. The van der Waals surface area contributed by atoms with Gasteiger partial charge in [-0.3, -0.25) is 0 Å². The molecule has 0 aliphatic carbocycles. The summed E-state index contributed by atoms with van der Waals surface area (Å²) in [5.74, 6) is -1.68. The molecule has 0 bridgehead atoms. The number of benzene rings is 1. The van der Waals surface area contributed by atoms with E-state index < -0.39 is 11.8 Å². The number of methoxy groups -OCH3 is 1. The minimum absolute atomic E-state index is 0.123. The summed E-state index contributed by atoms with van der Waals surface area (Å²) >= 11 is 5.71. The lowest BCUT2D eigenvalue weighted by Gasteiger charge is -2.09. The third kappa shape index (κ3) is 2.39. The first-order valence-electron chi connectivity index (χ1n) is 4.31. The van der Waals surface area contributed by atoms with Gasteiger partial charge >= 0.3 is 5.97 Å². The molecule has 0 aromatic heterocycles. The first-order chi connectivity index (χ1) is 7.11. The standard InChI is InChI=1S/C10H10ClFO3/c1-3-15-9-7(11)5-4-6(8(9)12)10(13)14-2/h4-5H,3H2,1-2H3. The topological polar surface area (TPSA) is 35.5 Å². The monoisotopic (exact) mass is 232 g/mol. The van der Waals surface area contributed by atoms with E-state index in [2.05, 4.69) is 4.74 Å². The maximum Gasteiger partial charge on any atom is 0.340 e. The molecule has 0 saturated heterocycles. The zero-order valence-electron chi connectivity index (χ0n) is 8.34. The van der Waals surface area contributed by atoms with Gasteiger partial charge in [0.1, 0.15) is 0 Å². The van der Waals surface area contributed by atoms with Crippen molar-refractivity contribution in [2.24, 2.45) is 0 Å². The Bertz CT molecular complexity index is 379. The van der Waals surface area contributed by atoms with E-state index in [9.17, 15) is 9.18 Å². The molecule has 1 aromatic rings. The maximum atomic E-state index is 13.6. The van der Waals surface area contributed by atoms with Crippen molar-refractivity contribution in [3.8, 4) is 5.75 Å². The normalized spacial score (nSPS) is 9.87. The Morgan fingerprint density at radius 2 is 2.20 bits per heavy atom. The second-order valence-corrected chi connectivity index (χ2v) is 3.07. The summed E-state index contributed by atoms with van der Waals surface area (Å²) in [4.78, 5) is 11.1. The summed E-state index contributed by atoms with van der Waals surface area (Å²) in [5, 5.41) is 0.127. The summed E-state index contributed by atoms with van der Waals surface area (Å²) in [6, 6.07) is 2.65. The predicted molar refractivity (Wildman–Crippen MR) is 53.9 cm³/mol. The zero-order chi connectivity index (χ0) is 11.4. The van der Waals surface area contributed by atoms with Gasteiger partial charge in [0.25, 0.3) is 0 Å². The molecule has 1 rings (SSSR count). The zero-order valence-corrected chi connectivity index (χ0v) is 9.10. The molecule has 0 radical (unpaired) electrons. The fourth-order valence-electron chi connectivity index (χ4n) is 1.08.